The summed E-state index contributed by atoms with van der Waals surface area (Å²) < 4.78 is 0. The van der Waals surface area contributed by atoms with Gasteiger partial charge in [-0.2, -0.15) is 0 Å². The molecule has 11 rings (SSSR count). The molecule has 0 amide bonds. The molecule has 0 atom stereocenters. The van der Waals surface area contributed by atoms with E-state index in [0.717, 1.165) is 16.8 Å². The Balaban J connectivity index is 1.25. The lowest BCUT2D eigenvalue weighted by atomic mass is 9.70. The zero-order chi connectivity index (χ0) is 32.1. The summed E-state index contributed by atoms with van der Waals surface area (Å²) in [5, 5.41) is 6.15. The highest BCUT2D eigenvalue weighted by molar-refractivity contribution is 6.20. The number of rotatable bonds is 2. The topological polar surface area (TPSA) is 12.9 Å². The smallest absolute Gasteiger partial charge is 0.0788 e. The monoisotopic (exact) mass is 619 g/mol. The first kappa shape index (κ1) is 26.7. The number of fused-ring (bicyclic) bond motifs is 15. The van der Waals surface area contributed by atoms with Gasteiger partial charge in [0.15, 0.2) is 0 Å². The van der Waals surface area contributed by atoms with Crippen LogP contribution in [0.3, 0.4) is 0 Å². The minimum absolute atomic E-state index is 0.383. The molecule has 0 radical (unpaired) electrons. The Morgan fingerprint density at radius 1 is 0.367 bits per heavy atom. The molecule has 1 heterocycles. The normalized spacial score (nSPS) is 13.5. The van der Waals surface area contributed by atoms with E-state index in [1.54, 1.807) is 0 Å². The average molecular weight is 620 g/mol. The van der Waals surface area contributed by atoms with Crippen LogP contribution in [0.25, 0.3) is 77.1 Å². The van der Waals surface area contributed by atoms with Crippen molar-refractivity contribution in [3.63, 3.8) is 0 Å². The molecule has 0 saturated heterocycles. The fourth-order valence-electron chi connectivity index (χ4n) is 9.16. The third-order valence-electron chi connectivity index (χ3n) is 11.1. The lowest BCUT2D eigenvalue weighted by Crippen LogP contribution is -2.25. The molecule has 0 fully saturated rings. The molecule has 226 valence electrons. The van der Waals surface area contributed by atoms with Gasteiger partial charge < -0.3 is 0 Å². The van der Waals surface area contributed by atoms with E-state index in [2.05, 4.69) is 176 Å². The molecule has 0 aliphatic heterocycles. The quantitative estimate of drug-likeness (QED) is 0.175. The van der Waals surface area contributed by atoms with Crippen molar-refractivity contribution >= 4 is 32.4 Å². The first-order valence-corrected chi connectivity index (χ1v) is 17.1. The Morgan fingerprint density at radius 2 is 0.939 bits per heavy atom. The molecule has 2 aliphatic carbocycles. The molecule has 1 aromatic heterocycles. The minimum Gasteiger partial charge on any atom is -0.247 e. The number of hydrogen-bond donors (Lipinski definition) is 0. The van der Waals surface area contributed by atoms with Gasteiger partial charge in [0.05, 0.1) is 16.6 Å². The van der Waals surface area contributed by atoms with Crippen molar-refractivity contribution in [2.24, 2.45) is 0 Å². The van der Waals surface area contributed by atoms with E-state index in [4.69, 9.17) is 4.98 Å². The van der Waals surface area contributed by atoms with E-state index in [0.29, 0.717) is 0 Å². The number of para-hydroxylation sites is 1. The van der Waals surface area contributed by atoms with Crippen LogP contribution in [0.15, 0.2) is 176 Å². The molecule has 0 N–H and O–H groups in total. The maximum Gasteiger partial charge on any atom is 0.0788 e. The summed E-state index contributed by atoms with van der Waals surface area (Å²) in [6.07, 6.45) is 0. The molecular weight excluding hydrogens is 591 g/mol. The van der Waals surface area contributed by atoms with E-state index >= 15 is 0 Å². The fourth-order valence-corrected chi connectivity index (χ4v) is 9.16. The van der Waals surface area contributed by atoms with Crippen LogP contribution in [-0.2, 0) is 5.41 Å². The lowest BCUT2D eigenvalue weighted by Gasteiger charge is -2.30. The second kappa shape index (κ2) is 9.86. The van der Waals surface area contributed by atoms with Crippen LogP contribution in [0.1, 0.15) is 22.3 Å². The molecule has 8 aromatic carbocycles. The Labute approximate surface area is 284 Å². The van der Waals surface area contributed by atoms with Gasteiger partial charge in [0.2, 0.25) is 0 Å². The largest absolute Gasteiger partial charge is 0.247 e. The molecule has 1 spiro atoms. The molecule has 2 aliphatic rings. The molecule has 0 bridgehead atoms. The highest BCUT2D eigenvalue weighted by Gasteiger charge is 2.52. The van der Waals surface area contributed by atoms with Gasteiger partial charge in [-0.15, -0.1) is 0 Å². The summed E-state index contributed by atoms with van der Waals surface area (Å²) in [5.74, 6) is 0. The average Bonchev–Trinajstić information content (AvgIpc) is 3.65. The predicted octanol–water partition coefficient (Wildman–Crippen LogP) is 12.2. The summed E-state index contributed by atoms with van der Waals surface area (Å²) in [6, 6.07) is 64.8. The van der Waals surface area contributed by atoms with Crippen LogP contribution in [0.4, 0.5) is 0 Å². The Bertz CT molecular complexity index is 2790. The predicted molar refractivity (Wildman–Crippen MR) is 204 cm³/mol. The molecule has 9 aromatic rings. The number of aromatic nitrogens is 1. The summed E-state index contributed by atoms with van der Waals surface area (Å²) in [5.41, 5.74) is 15.9. The van der Waals surface area contributed by atoms with Gasteiger partial charge in [-0.25, -0.2) is 4.98 Å². The minimum atomic E-state index is -0.383. The van der Waals surface area contributed by atoms with Crippen molar-refractivity contribution in [1.82, 2.24) is 4.98 Å². The fraction of sp³-hybridized carbons (Fsp3) is 0.0208. The molecule has 0 unspecified atom stereocenters. The van der Waals surface area contributed by atoms with Crippen LogP contribution < -0.4 is 0 Å². The number of pyridine rings is 1. The Kier molecular flexibility index (Phi) is 5.38. The van der Waals surface area contributed by atoms with Gasteiger partial charge in [0.1, 0.15) is 0 Å². The van der Waals surface area contributed by atoms with Crippen LogP contribution in [-0.4, -0.2) is 4.98 Å². The highest BCUT2D eigenvalue weighted by atomic mass is 14.7. The lowest BCUT2D eigenvalue weighted by molar-refractivity contribution is 0.794. The number of hydrogen-bond acceptors (Lipinski definition) is 1. The summed E-state index contributed by atoms with van der Waals surface area (Å²) in [6.45, 7) is 0. The van der Waals surface area contributed by atoms with Crippen LogP contribution in [0, 0.1) is 0 Å². The van der Waals surface area contributed by atoms with E-state index in [1.165, 1.54) is 82.6 Å². The number of nitrogens with zero attached hydrogens (tertiary/aromatic N) is 1. The maximum atomic E-state index is 5.41. The molecular formula is C48H29N. The Morgan fingerprint density at radius 3 is 1.73 bits per heavy atom. The standard InChI is InChI=1S/C48H29N/c1-2-17-33-30(13-1)14-12-22-34(33)31-15-11-16-32(29-31)47-39-27-28-43-46(45(39)38-21-6-10-26-44(38)49-47)37-20-5-9-25-42(37)48(43)40-23-7-3-18-35(40)36-19-4-8-24-41(36)48/h1-29H. The van der Waals surface area contributed by atoms with Crippen LogP contribution in [0.5, 0.6) is 0 Å². The second-order valence-electron chi connectivity index (χ2n) is 13.4. The van der Waals surface area contributed by atoms with E-state index in [9.17, 15) is 0 Å². The summed E-state index contributed by atoms with van der Waals surface area (Å²) in [7, 11) is 0. The van der Waals surface area contributed by atoms with Crippen molar-refractivity contribution in [3.8, 4) is 44.6 Å². The van der Waals surface area contributed by atoms with Crippen LogP contribution >= 0.6 is 0 Å². The van der Waals surface area contributed by atoms with Gasteiger partial charge in [-0.05, 0) is 78.5 Å². The van der Waals surface area contributed by atoms with Gasteiger partial charge in [0, 0.05) is 21.7 Å². The summed E-state index contributed by atoms with van der Waals surface area (Å²) >= 11 is 0. The van der Waals surface area contributed by atoms with Crippen molar-refractivity contribution in [2.45, 2.75) is 5.41 Å². The zero-order valence-electron chi connectivity index (χ0n) is 26.7. The highest BCUT2D eigenvalue weighted by Crippen LogP contribution is 2.64. The van der Waals surface area contributed by atoms with E-state index in [-0.39, 0.29) is 5.41 Å². The third-order valence-corrected chi connectivity index (χ3v) is 11.1. The zero-order valence-corrected chi connectivity index (χ0v) is 26.7. The first-order chi connectivity index (χ1) is 24.3. The molecule has 1 heteroatoms. The Hall–Kier alpha value is -6.31. The van der Waals surface area contributed by atoms with Gasteiger partial charge in [-0.1, -0.05) is 164 Å². The van der Waals surface area contributed by atoms with Gasteiger partial charge >= 0.3 is 0 Å². The molecule has 49 heavy (non-hydrogen) atoms. The van der Waals surface area contributed by atoms with Gasteiger partial charge in [0.25, 0.3) is 0 Å². The van der Waals surface area contributed by atoms with Crippen molar-refractivity contribution in [1.29, 1.82) is 0 Å². The molecule has 1 nitrogen and oxygen atoms in total. The van der Waals surface area contributed by atoms with E-state index < -0.39 is 0 Å². The SMILES string of the molecule is c1cc(-c2cccc3ccccc23)cc(-c2nc3ccccc3c3c4c(ccc23)C2(c3ccccc3-c3ccccc32)c2ccccc2-4)c1. The molecule has 0 saturated carbocycles. The van der Waals surface area contributed by atoms with Crippen molar-refractivity contribution < 1.29 is 0 Å². The van der Waals surface area contributed by atoms with E-state index in [1.807, 2.05) is 0 Å². The van der Waals surface area contributed by atoms with Crippen LogP contribution in [0.2, 0.25) is 0 Å². The van der Waals surface area contributed by atoms with Crippen molar-refractivity contribution in [3.05, 3.63) is 198 Å². The maximum absolute atomic E-state index is 5.41. The van der Waals surface area contributed by atoms with Crippen molar-refractivity contribution in [2.75, 3.05) is 0 Å². The number of benzene rings is 8. The second-order valence-corrected chi connectivity index (χ2v) is 13.4. The third kappa shape index (κ3) is 3.46. The summed E-state index contributed by atoms with van der Waals surface area (Å²) in [4.78, 5) is 5.41. The van der Waals surface area contributed by atoms with Gasteiger partial charge in [-0.3, -0.25) is 0 Å². The first-order valence-electron chi connectivity index (χ1n) is 17.1.